The first-order valence-electron chi connectivity index (χ1n) is 5.68. The molecule has 0 fully saturated rings. The Morgan fingerprint density at radius 1 is 1.17 bits per heavy atom. The van der Waals surface area contributed by atoms with Crippen molar-refractivity contribution in [3.63, 3.8) is 0 Å². The second kappa shape index (κ2) is 4.28. The van der Waals surface area contributed by atoms with Crippen LogP contribution >= 0.6 is 0 Å². The molecule has 2 nitrogen and oxygen atoms in total. The molecule has 18 heavy (non-hydrogen) atoms. The second-order valence-corrected chi connectivity index (χ2v) is 4.27. The highest BCUT2D eigenvalue weighted by molar-refractivity contribution is 6.81. The molecule has 0 saturated heterocycles. The van der Waals surface area contributed by atoms with Crippen molar-refractivity contribution in [2.24, 2.45) is 0 Å². The predicted octanol–water partition coefficient (Wildman–Crippen LogP) is 1.33. The lowest BCUT2D eigenvalue weighted by Crippen LogP contribution is -2.41. The molecule has 2 aromatic rings. The van der Waals surface area contributed by atoms with Crippen LogP contribution < -0.4 is 10.9 Å². The fourth-order valence-corrected chi connectivity index (χ4v) is 2.23. The summed E-state index contributed by atoms with van der Waals surface area (Å²) in [6.45, 7) is 0.269. The Morgan fingerprint density at radius 3 is 2.67 bits per heavy atom. The summed E-state index contributed by atoms with van der Waals surface area (Å²) < 4.78 is 18.8. The molecule has 0 spiro atoms. The van der Waals surface area contributed by atoms with E-state index >= 15 is 0 Å². The van der Waals surface area contributed by atoms with E-state index in [2.05, 4.69) is 6.07 Å². The van der Waals surface area contributed by atoms with Crippen molar-refractivity contribution in [2.45, 2.75) is 6.61 Å². The topological polar surface area (TPSA) is 33.0 Å². The third kappa shape index (κ3) is 1.79. The van der Waals surface area contributed by atoms with Crippen molar-refractivity contribution in [1.82, 2.24) is 0 Å². The van der Waals surface area contributed by atoms with E-state index in [0.717, 1.165) is 16.5 Å². The van der Waals surface area contributed by atoms with Gasteiger partial charge >= 0.3 is 6.92 Å². The zero-order chi connectivity index (χ0) is 12.5. The molecule has 0 N–H and O–H groups in total. The van der Waals surface area contributed by atoms with Crippen molar-refractivity contribution >= 4 is 17.8 Å². The van der Waals surface area contributed by atoms with Crippen molar-refractivity contribution in [3.05, 3.63) is 59.4 Å². The largest absolute Gasteiger partial charge is 0.423 e. The average molecular weight is 237 g/mol. The first kappa shape index (κ1) is 11.0. The zero-order valence-corrected chi connectivity index (χ0v) is 9.56. The smallest absolute Gasteiger partial charge is 0.362 e. The van der Waals surface area contributed by atoms with Gasteiger partial charge in [-0.05, 0) is 40.8 Å². The molecule has 0 aliphatic carbocycles. The Morgan fingerprint density at radius 2 is 1.94 bits per heavy atom. The summed E-state index contributed by atoms with van der Waals surface area (Å²) in [6.07, 6.45) is 0. The number of fused-ring (bicyclic) bond motifs is 1. The number of benzene rings is 2. The van der Waals surface area contributed by atoms with E-state index in [9.17, 15) is 4.39 Å². The minimum atomic E-state index is -0.238. The fraction of sp³-hybridized carbons (Fsp3) is 0.0714. The molecule has 0 radical (unpaired) electrons. The predicted molar refractivity (Wildman–Crippen MR) is 67.4 cm³/mol. The lowest BCUT2D eigenvalue weighted by Gasteiger charge is -2.07. The van der Waals surface area contributed by atoms with Gasteiger partial charge in [-0.15, -0.1) is 0 Å². The number of hydrogen-bond donors (Lipinski definition) is 0. The molecule has 0 aromatic heterocycles. The van der Waals surface area contributed by atoms with Crippen LogP contribution in [0.5, 0.6) is 0 Å². The van der Waals surface area contributed by atoms with Gasteiger partial charge in [-0.3, -0.25) is 0 Å². The van der Waals surface area contributed by atoms with Crippen LogP contribution in [0.1, 0.15) is 11.1 Å². The minimum absolute atomic E-state index is 0.159. The van der Waals surface area contributed by atoms with Gasteiger partial charge in [0.2, 0.25) is 0 Å². The number of nitrogens with zero attached hydrogens (tertiary/aromatic N) is 1. The van der Waals surface area contributed by atoms with Gasteiger partial charge in [0, 0.05) is 0 Å². The zero-order valence-electron chi connectivity index (χ0n) is 9.56. The summed E-state index contributed by atoms with van der Waals surface area (Å²) in [4.78, 5) is 0. The molecule has 0 unspecified atom stereocenters. The molecule has 3 rings (SSSR count). The lowest BCUT2D eigenvalue weighted by molar-refractivity contribution is 0.336. The molecule has 1 aliphatic heterocycles. The fourth-order valence-electron chi connectivity index (χ4n) is 2.23. The first-order valence-corrected chi connectivity index (χ1v) is 5.68. The molecule has 0 amide bonds. The van der Waals surface area contributed by atoms with Crippen LogP contribution in [-0.4, -0.2) is 6.92 Å². The molecule has 2 aromatic carbocycles. The number of hydrogen-bond acceptors (Lipinski definition) is 2. The maximum atomic E-state index is 13.1. The number of halogens is 1. The molecule has 4 heteroatoms. The van der Waals surface area contributed by atoms with Crippen LogP contribution in [0.2, 0.25) is 0 Å². The maximum Gasteiger partial charge on any atom is 0.362 e. The summed E-state index contributed by atoms with van der Waals surface area (Å²) in [6, 6.07) is 14.1. The van der Waals surface area contributed by atoms with Crippen LogP contribution in [0.4, 0.5) is 4.39 Å². The highest BCUT2D eigenvalue weighted by Gasteiger charge is 2.29. The van der Waals surface area contributed by atoms with Crippen LogP contribution in [0.25, 0.3) is 0 Å². The summed E-state index contributed by atoms with van der Waals surface area (Å²) >= 11 is 0. The van der Waals surface area contributed by atoms with Gasteiger partial charge in [-0.1, -0.05) is 18.2 Å². The summed E-state index contributed by atoms with van der Waals surface area (Å²) in [5.41, 5.74) is 3.50. The van der Waals surface area contributed by atoms with Crippen LogP contribution in [0.3, 0.4) is 0 Å². The molecule has 0 saturated carbocycles. The van der Waals surface area contributed by atoms with E-state index in [1.165, 1.54) is 12.1 Å². The quantitative estimate of drug-likeness (QED) is 0.701. The standard InChI is InChI=1S/C14H9BFNO/c16-13-5-6-14-11(7-13)9-18-15(14)12-3-1-10(8-17)2-4-12/h1-7H,9H2. The van der Waals surface area contributed by atoms with Gasteiger partial charge in [0.05, 0.1) is 18.2 Å². The van der Waals surface area contributed by atoms with Gasteiger partial charge in [-0.2, -0.15) is 5.26 Å². The van der Waals surface area contributed by atoms with Crippen molar-refractivity contribution in [2.75, 3.05) is 0 Å². The van der Waals surface area contributed by atoms with E-state index in [-0.39, 0.29) is 12.7 Å². The first-order chi connectivity index (χ1) is 8.78. The van der Waals surface area contributed by atoms with Crippen molar-refractivity contribution < 1.29 is 9.04 Å². The lowest BCUT2D eigenvalue weighted by atomic mass is 9.56. The van der Waals surface area contributed by atoms with Gasteiger partial charge in [0.25, 0.3) is 0 Å². The Hall–Kier alpha value is -2.12. The summed E-state index contributed by atoms with van der Waals surface area (Å²) in [5, 5.41) is 8.76. The molecular formula is C14H9BFNO. The number of nitriles is 1. The molecular weight excluding hydrogens is 228 g/mol. The molecule has 0 bridgehead atoms. The van der Waals surface area contributed by atoms with Gasteiger partial charge < -0.3 is 4.65 Å². The normalized spacial score (nSPS) is 13.2. The average Bonchev–Trinajstić information content (AvgIpc) is 2.81. The summed E-state index contributed by atoms with van der Waals surface area (Å²) in [7, 11) is 0. The molecule has 1 aliphatic rings. The van der Waals surface area contributed by atoms with Crippen molar-refractivity contribution in [1.29, 1.82) is 5.26 Å². The maximum absolute atomic E-state index is 13.1. The monoisotopic (exact) mass is 237 g/mol. The Kier molecular flexibility index (Phi) is 2.62. The highest BCUT2D eigenvalue weighted by atomic mass is 19.1. The van der Waals surface area contributed by atoms with E-state index in [4.69, 9.17) is 9.92 Å². The van der Waals surface area contributed by atoms with Crippen molar-refractivity contribution in [3.8, 4) is 6.07 Å². The van der Waals surface area contributed by atoms with E-state index in [0.29, 0.717) is 12.2 Å². The third-order valence-corrected chi connectivity index (χ3v) is 3.14. The van der Waals surface area contributed by atoms with Crippen LogP contribution in [0.15, 0.2) is 42.5 Å². The van der Waals surface area contributed by atoms with Gasteiger partial charge in [0.15, 0.2) is 0 Å². The van der Waals surface area contributed by atoms with E-state index in [1.54, 1.807) is 18.2 Å². The second-order valence-electron chi connectivity index (χ2n) is 4.27. The SMILES string of the molecule is N#Cc1ccc(B2OCc3cc(F)ccc32)cc1. The number of rotatable bonds is 1. The van der Waals surface area contributed by atoms with E-state index in [1.807, 2.05) is 12.1 Å². The Balaban J connectivity index is 1.98. The molecule has 1 heterocycles. The van der Waals surface area contributed by atoms with Gasteiger partial charge in [-0.25, -0.2) is 4.39 Å². The van der Waals surface area contributed by atoms with Gasteiger partial charge in [0.1, 0.15) is 5.82 Å². The van der Waals surface area contributed by atoms with Crippen LogP contribution in [-0.2, 0) is 11.3 Å². The summed E-state index contributed by atoms with van der Waals surface area (Å²) in [5.74, 6) is -0.238. The Bertz CT molecular complexity index is 633. The Labute approximate surface area is 105 Å². The molecule has 0 atom stereocenters. The van der Waals surface area contributed by atoms with E-state index < -0.39 is 0 Å². The van der Waals surface area contributed by atoms with Crippen LogP contribution in [0, 0.1) is 17.1 Å². The minimum Gasteiger partial charge on any atom is -0.423 e. The molecule has 86 valence electrons. The third-order valence-electron chi connectivity index (χ3n) is 3.14. The highest BCUT2D eigenvalue weighted by Crippen LogP contribution is 2.12.